The second-order valence-corrected chi connectivity index (χ2v) is 7.78. The average molecular weight is 402 g/mol. The van der Waals surface area contributed by atoms with Gasteiger partial charge < -0.3 is 4.90 Å². The van der Waals surface area contributed by atoms with Crippen LogP contribution < -0.4 is 0 Å². The number of carbonyl (C=O) groups is 1. The van der Waals surface area contributed by atoms with Crippen molar-refractivity contribution in [3.05, 3.63) is 40.5 Å². The third-order valence-electron chi connectivity index (χ3n) is 5.61. The lowest BCUT2D eigenvalue weighted by Crippen LogP contribution is -2.30. The first-order valence-electron chi connectivity index (χ1n) is 9.63. The van der Waals surface area contributed by atoms with Crippen molar-refractivity contribution in [2.75, 3.05) is 7.05 Å². The van der Waals surface area contributed by atoms with Crippen LogP contribution in [0.3, 0.4) is 0 Å². The van der Waals surface area contributed by atoms with Crippen LogP contribution in [0.4, 0.5) is 8.78 Å². The van der Waals surface area contributed by atoms with Crippen molar-refractivity contribution in [1.82, 2.24) is 29.4 Å². The number of nitrogens with zero attached hydrogens (tertiary/aromatic N) is 6. The zero-order chi connectivity index (χ0) is 20.9. The van der Waals surface area contributed by atoms with Gasteiger partial charge in [0.15, 0.2) is 5.65 Å². The van der Waals surface area contributed by atoms with Gasteiger partial charge >= 0.3 is 0 Å². The molecule has 0 saturated heterocycles. The van der Waals surface area contributed by atoms with Gasteiger partial charge in [-0.2, -0.15) is 10.2 Å². The number of aryl methyl sites for hydroxylation is 2. The summed E-state index contributed by atoms with van der Waals surface area (Å²) in [5.74, 6) is 0.0577. The molecule has 1 fully saturated rings. The van der Waals surface area contributed by atoms with E-state index >= 15 is 0 Å². The van der Waals surface area contributed by atoms with Crippen molar-refractivity contribution >= 4 is 16.9 Å². The van der Waals surface area contributed by atoms with Crippen LogP contribution in [0.1, 0.15) is 53.4 Å². The van der Waals surface area contributed by atoms with Crippen LogP contribution in [-0.2, 0) is 24.9 Å². The minimum absolute atomic E-state index is 0.0487. The summed E-state index contributed by atoms with van der Waals surface area (Å²) in [4.78, 5) is 19.0. The summed E-state index contributed by atoms with van der Waals surface area (Å²) in [5, 5.41) is 8.91. The summed E-state index contributed by atoms with van der Waals surface area (Å²) in [6.45, 7) is 3.99. The number of halogens is 2. The van der Waals surface area contributed by atoms with E-state index in [1.807, 2.05) is 14.0 Å². The molecule has 0 unspecified atom stereocenters. The Morgan fingerprint density at radius 1 is 1.34 bits per heavy atom. The maximum absolute atomic E-state index is 13.7. The van der Waals surface area contributed by atoms with E-state index in [9.17, 15) is 13.6 Å². The first-order chi connectivity index (χ1) is 13.8. The maximum Gasteiger partial charge on any atom is 0.264 e. The van der Waals surface area contributed by atoms with E-state index in [4.69, 9.17) is 0 Å². The summed E-state index contributed by atoms with van der Waals surface area (Å²) in [5.41, 5.74) is 3.39. The minimum Gasteiger partial charge on any atom is -0.340 e. The highest BCUT2D eigenvalue weighted by molar-refractivity contribution is 5.85. The Labute approximate surface area is 167 Å². The maximum atomic E-state index is 13.7. The van der Waals surface area contributed by atoms with Crippen LogP contribution in [-0.4, -0.2) is 42.4 Å². The molecule has 0 N–H and O–H groups in total. The Kier molecular flexibility index (Phi) is 4.84. The fraction of sp³-hybridized carbons (Fsp3) is 0.500. The second kappa shape index (κ2) is 7.20. The molecular formula is C20H24F2N6O. The van der Waals surface area contributed by atoms with E-state index < -0.39 is 6.43 Å². The standard InChI is InChI=1S/C20H24F2N6O/c1-11-18-15(19(21)22)7-16(13-5-6-13)24-20(18)28(25-11)10-17(29)26(3)9-14-8-23-27(4)12(14)2/h7-8,13,19H,5-6,9-10H2,1-4H3. The van der Waals surface area contributed by atoms with Gasteiger partial charge in [-0.25, -0.2) is 18.4 Å². The highest BCUT2D eigenvalue weighted by atomic mass is 19.3. The number of carbonyl (C=O) groups excluding carboxylic acids is 1. The molecule has 1 saturated carbocycles. The van der Waals surface area contributed by atoms with Crippen molar-refractivity contribution in [2.45, 2.75) is 52.1 Å². The minimum atomic E-state index is -2.61. The van der Waals surface area contributed by atoms with Gasteiger partial charge in [-0.3, -0.25) is 9.48 Å². The lowest BCUT2D eigenvalue weighted by atomic mass is 10.1. The molecule has 3 heterocycles. The average Bonchev–Trinajstić information content (AvgIpc) is 3.43. The topological polar surface area (TPSA) is 68.8 Å². The number of hydrogen-bond donors (Lipinski definition) is 0. The van der Waals surface area contributed by atoms with Gasteiger partial charge in [-0.15, -0.1) is 0 Å². The van der Waals surface area contributed by atoms with Gasteiger partial charge in [0.25, 0.3) is 6.43 Å². The summed E-state index contributed by atoms with van der Waals surface area (Å²) >= 11 is 0. The number of amides is 1. The van der Waals surface area contributed by atoms with E-state index in [-0.39, 0.29) is 23.9 Å². The van der Waals surface area contributed by atoms with Crippen molar-refractivity contribution in [3.8, 4) is 0 Å². The predicted octanol–water partition coefficient (Wildman–Crippen LogP) is 3.26. The van der Waals surface area contributed by atoms with Gasteiger partial charge in [0, 0.05) is 49.1 Å². The number of rotatable bonds is 6. The Hall–Kier alpha value is -2.84. The summed E-state index contributed by atoms with van der Waals surface area (Å²) < 4.78 is 30.6. The third-order valence-corrected chi connectivity index (χ3v) is 5.61. The lowest BCUT2D eigenvalue weighted by Gasteiger charge is -2.17. The van der Waals surface area contributed by atoms with Gasteiger partial charge in [0.2, 0.25) is 5.91 Å². The summed E-state index contributed by atoms with van der Waals surface area (Å²) in [7, 11) is 3.56. The van der Waals surface area contributed by atoms with Gasteiger partial charge in [-0.1, -0.05) is 0 Å². The van der Waals surface area contributed by atoms with Crippen LogP contribution in [0.15, 0.2) is 12.3 Å². The van der Waals surface area contributed by atoms with Gasteiger partial charge in [-0.05, 0) is 32.8 Å². The molecule has 1 aliphatic carbocycles. The molecule has 9 heteroatoms. The number of aromatic nitrogens is 5. The SMILES string of the molecule is Cc1nn(CC(=O)N(C)Cc2cnn(C)c2C)c2nc(C3CC3)cc(C(F)F)c12. The van der Waals surface area contributed by atoms with E-state index in [2.05, 4.69) is 15.2 Å². The molecule has 3 aromatic heterocycles. The Morgan fingerprint density at radius 3 is 2.66 bits per heavy atom. The summed E-state index contributed by atoms with van der Waals surface area (Å²) in [6.07, 6.45) is 1.05. The van der Waals surface area contributed by atoms with Crippen molar-refractivity contribution < 1.29 is 13.6 Å². The zero-order valence-corrected chi connectivity index (χ0v) is 17.0. The zero-order valence-electron chi connectivity index (χ0n) is 17.0. The number of hydrogen-bond acceptors (Lipinski definition) is 4. The van der Waals surface area contributed by atoms with E-state index in [1.165, 1.54) is 10.7 Å². The second-order valence-electron chi connectivity index (χ2n) is 7.78. The molecule has 4 rings (SSSR count). The highest BCUT2D eigenvalue weighted by Gasteiger charge is 2.29. The fourth-order valence-corrected chi connectivity index (χ4v) is 3.57. The van der Waals surface area contributed by atoms with E-state index in [0.29, 0.717) is 29.0 Å². The lowest BCUT2D eigenvalue weighted by molar-refractivity contribution is -0.131. The molecule has 0 aliphatic heterocycles. The molecule has 0 aromatic carbocycles. The number of pyridine rings is 1. The number of alkyl halides is 2. The van der Waals surface area contributed by atoms with Gasteiger partial charge in [0.1, 0.15) is 6.54 Å². The van der Waals surface area contributed by atoms with Crippen molar-refractivity contribution in [2.24, 2.45) is 7.05 Å². The van der Waals surface area contributed by atoms with Crippen molar-refractivity contribution in [3.63, 3.8) is 0 Å². The molecule has 29 heavy (non-hydrogen) atoms. The first kappa shape index (κ1) is 19.5. The monoisotopic (exact) mass is 402 g/mol. The van der Waals surface area contributed by atoms with Gasteiger partial charge in [0.05, 0.1) is 17.3 Å². The number of fused-ring (bicyclic) bond motifs is 1. The molecule has 0 atom stereocenters. The molecule has 0 radical (unpaired) electrons. The van der Waals surface area contributed by atoms with Crippen LogP contribution in [0.5, 0.6) is 0 Å². The summed E-state index contributed by atoms with van der Waals surface area (Å²) in [6, 6.07) is 1.50. The first-order valence-corrected chi connectivity index (χ1v) is 9.63. The number of likely N-dealkylation sites (N-methyl/N-ethyl adjacent to an activating group) is 1. The molecule has 1 aliphatic rings. The molecule has 7 nitrogen and oxygen atoms in total. The molecule has 3 aromatic rings. The predicted molar refractivity (Wildman–Crippen MR) is 104 cm³/mol. The molecule has 1 amide bonds. The van der Waals surface area contributed by atoms with Crippen LogP contribution in [0.25, 0.3) is 11.0 Å². The Bertz CT molecular complexity index is 1080. The third kappa shape index (κ3) is 3.61. The highest BCUT2D eigenvalue weighted by Crippen LogP contribution is 2.41. The van der Waals surface area contributed by atoms with E-state index in [0.717, 1.165) is 24.1 Å². The fourth-order valence-electron chi connectivity index (χ4n) is 3.57. The smallest absolute Gasteiger partial charge is 0.264 e. The normalized spacial score (nSPS) is 14.2. The van der Waals surface area contributed by atoms with Crippen LogP contribution in [0.2, 0.25) is 0 Å². The molecule has 0 bridgehead atoms. The molecular weight excluding hydrogens is 378 g/mol. The van der Waals surface area contributed by atoms with E-state index in [1.54, 1.807) is 29.7 Å². The van der Waals surface area contributed by atoms with Crippen LogP contribution >= 0.6 is 0 Å². The van der Waals surface area contributed by atoms with Crippen molar-refractivity contribution in [1.29, 1.82) is 0 Å². The Balaban J connectivity index is 1.63. The van der Waals surface area contributed by atoms with Crippen LogP contribution in [0, 0.1) is 13.8 Å². The Morgan fingerprint density at radius 2 is 2.07 bits per heavy atom. The molecule has 0 spiro atoms. The molecule has 154 valence electrons. The quantitative estimate of drug-likeness (QED) is 0.635. The largest absolute Gasteiger partial charge is 0.340 e.